The van der Waals surface area contributed by atoms with Crippen molar-refractivity contribution in [3.05, 3.63) is 63.6 Å². The summed E-state index contributed by atoms with van der Waals surface area (Å²) in [6, 6.07) is 7.53. The topological polar surface area (TPSA) is 46.5 Å². The maximum Gasteiger partial charge on any atom is 0.335 e. The third-order valence-electron chi connectivity index (χ3n) is 2.50. The molecule has 0 aliphatic heterocycles. The Bertz CT molecular complexity index is 659. The summed E-state index contributed by atoms with van der Waals surface area (Å²) in [5.74, 6) is -1.89. The molecule has 0 heterocycles. The average molecular weight is 343 g/mol. The van der Waals surface area contributed by atoms with E-state index in [4.69, 9.17) is 9.84 Å². The van der Waals surface area contributed by atoms with Crippen LogP contribution in [0.2, 0.25) is 0 Å². The van der Waals surface area contributed by atoms with Gasteiger partial charge in [-0.25, -0.2) is 13.6 Å². The fourth-order valence-electron chi connectivity index (χ4n) is 1.59. The Morgan fingerprint density at radius 2 is 1.95 bits per heavy atom. The first-order chi connectivity index (χ1) is 9.45. The highest BCUT2D eigenvalue weighted by Gasteiger charge is 2.08. The molecular formula is C14H9BrF2O3. The Hall–Kier alpha value is -1.95. The Morgan fingerprint density at radius 1 is 1.20 bits per heavy atom. The van der Waals surface area contributed by atoms with Gasteiger partial charge in [0.05, 0.1) is 10.0 Å². The second kappa shape index (κ2) is 6.00. The highest BCUT2D eigenvalue weighted by molar-refractivity contribution is 9.10. The fraction of sp³-hybridized carbons (Fsp3) is 0.0714. The van der Waals surface area contributed by atoms with Crippen LogP contribution in [0.25, 0.3) is 0 Å². The second-order valence-corrected chi connectivity index (χ2v) is 4.87. The number of carboxylic acids is 1. The quantitative estimate of drug-likeness (QED) is 0.913. The smallest absolute Gasteiger partial charge is 0.335 e. The molecule has 2 aromatic rings. The molecule has 2 rings (SSSR count). The summed E-state index contributed by atoms with van der Waals surface area (Å²) in [6.07, 6.45) is 0. The molecule has 0 unspecified atom stereocenters. The molecule has 0 saturated heterocycles. The van der Waals surface area contributed by atoms with Crippen LogP contribution < -0.4 is 4.74 Å². The molecule has 3 nitrogen and oxygen atoms in total. The Morgan fingerprint density at radius 3 is 2.60 bits per heavy atom. The minimum absolute atomic E-state index is 0.0177. The van der Waals surface area contributed by atoms with E-state index in [1.165, 1.54) is 30.3 Å². The van der Waals surface area contributed by atoms with Crippen LogP contribution in [0.1, 0.15) is 15.9 Å². The lowest BCUT2D eigenvalue weighted by Crippen LogP contribution is -2.02. The van der Waals surface area contributed by atoms with E-state index in [0.717, 1.165) is 6.07 Å². The van der Waals surface area contributed by atoms with Crippen molar-refractivity contribution in [1.82, 2.24) is 0 Å². The Kier molecular flexibility index (Phi) is 4.34. The van der Waals surface area contributed by atoms with Crippen molar-refractivity contribution in [2.24, 2.45) is 0 Å². The third kappa shape index (κ3) is 3.54. The average Bonchev–Trinajstić information content (AvgIpc) is 2.39. The molecule has 0 radical (unpaired) electrons. The molecule has 0 amide bonds. The largest absolute Gasteiger partial charge is 0.489 e. The summed E-state index contributed by atoms with van der Waals surface area (Å²) in [5.41, 5.74) is 0.228. The highest BCUT2D eigenvalue weighted by atomic mass is 79.9. The summed E-state index contributed by atoms with van der Waals surface area (Å²) < 4.78 is 31.9. The number of hydrogen-bond donors (Lipinski definition) is 1. The van der Waals surface area contributed by atoms with Crippen LogP contribution >= 0.6 is 15.9 Å². The van der Waals surface area contributed by atoms with Gasteiger partial charge in [0.25, 0.3) is 0 Å². The third-order valence-corrected chi connectivity index (χ3v) is 3.11. The van der Waals surface area contributed by atoms with E-state index in [1.807, 2.05) is 0 Å². The SMILES string of the molecule is O=C(O)c1cc(F)cc(COc2ccc(F)c(Br)c2)c1. The van der Waals surface area contributed by atoms with Crippen LogP contribution in [-0.2, 0) is 6.61 Å². The van der Waals surface area contributed by atoms with Crippen molar-refractivity contribution in [3.63, 3.8) is 0 Å². The van der Waals surface area contributed by atoms with Crippen molar-refractivity contribution < 1.29 is 23.4 Å². The maximum absolute atomic E-state index is 13.3. The number of carboxylic acid groups (broad SMARTS) is 1. The molecule has 0 fully saturated rings. The monoisotopic (exact) mass is 342 g/mol. The first-order valence-corrected chi connectivity index (χ1v) is 6.35. The number of hydrogen-bond acceptors (Lipinski definition) is 2. The van der Waals surface area contributed by atoms with Gasteiger partial charge in [-0.3, -0.25) is 0 Å². The Balaban J connectivity index is 2.14. The highest BCUT2D eigenvalue weighted by Crippen LogP contribution is 2.22. The van der Waals surface area contributed by atoms with E-state index >= 15 is 0 Å². The summed E-state index contributed by atoms with van der Waals surface area (Å²) in [4.78, 5) is 10.8. The first-order valence-electron chi connectivity index (χ1n) is 5.56. The Labute approximate surface area is 121 Å². The van der Waals surface area contributed by atoms with Crippen molar-refractivity contribution in [2.75, 3.05) is 0 Å². The fourth-order valence-corrected chi connectivity index (χ4v) is 1.95. The molecule has 0 aliphatic carbocycles. The lowest BCUT2D eigenvalue weighted by molar-refractivity contribution is 0.0696. The molecule has 2 aromatic carbocycles. The molecule has 0 atom stereocenters. The van der Waals surface area contributed by atoms with Crippen LogP contribution in [0.15, 0.2) is 40.9 Å². The number of benzene rings is 2. The van der Waals surface area contributed by atoms with Crippen LogP contribution in [0.3, 0.4) is 0 Å². The van der Waals surface area contributed by atoms with Crippen molar-refractivity contribution in [2.45, 2.75) is 6.61 Å². The zero-order valence-electron chi connectivity index (χ0n) is 10.1. The van der Waals surface area contributed by atoms with Gasteiger partial charge in [-0.15, -0.1) is 0 Å². The van der Waals surface area contributed by atoms with E-state index < -0.39 is 17.6 Å². The van der Waals surface area contributed by atoms with Crippen LogP contribution in [0.5, 0.6) is 5.75 Å². The molecule has 104 valence electrons. The van der Waals surface area contributed by atoms with Gasteiger partial charge in [0.1, 0.15) is 24.0 Å². The van der Waals surface area contributed by atoms with E-state index in [0.29, 0.717) is 11.3 Å². The summed E-state index contributed by atoms with van der Waals surface area (Å²) >= 11 is 3.02. The molecule has 6 heteroatoms. The van der Waals surface area contributed by atoms with Gasteiger partial charge < -0.3 is 9.84 Å². The van der Waals surface area contributed by atoms with E-state index in [1.54, 1.807) is 0 Å². The van der Waals surface area contributed by atoms with Gasteiger partial charge in [0.15, 0.2) is 0 Å². The number of ether oxygens (including phenoxy) is 1. The summed E-state index contributed by atoms with van der Waals surface area (Å²) in [5, 5.41) is 8.83. The lowest BCUT2D eigenvalue weighted by Gasteiger charge is -2.08. The molecule has 0 bridgehead atoms. The number of rotatable bonds is 4. The molecule has 0 aliphatic rings. The summed E-state index contributed by atoms with van der Waals surface area (Å²) in [7, 11) is 0. The molecule has 0 saturated carbocycles. The number of carbonyl (C=O) groups is 1. The van der Waals surface area contributed by atoms with Crippen LogP contribution in [0.4, 0.5) is 8.78 Å². The van der Waals surface area contributed by atoms with E-state index in [2.05, 4.69) is 15.9 Å². The maximum atomic E-state index is 13.3. The molecular weight excluding hydrogens is 334 g/mol. The first kappa shape index (κ1) is 14.5. The zero-order valence-corrected chi connectivity index (χ0v) is 11.7. The minimum Gasteiger partial charge on any atom is -0.489 e. The molecule has 20 heavy (non-hydrogen) atoms. The van der Waals surface area contributed by atoms with Crippen molar-refractivity contribution >= 4 is 21.9 Å². The minimum atomic E-state index is -1.21. The van der Waals surface area contributed by atoms with E-state index in [9.17, 15) is 13.6 Å². The molecule has 0 aromatic heterocycles. The lowest BCUT2D eigenvalue weighted by atomic mass is 10.1. The van der Waals surface area contributed by atoms with Crippen molar-refractivity contribution in [1.29, 1.82) is 0 Å². The van der Waals surface area contributed by atoms with Crippen molar-refractivity contribution in [3.8, 4) is 5.75 Å². The van der Waals surface area contributed by atoms with Gasteiger partial charge in [-0.1, -0.05) is 0 Å². The van der Waals surface area contributed by atoms with Crippen LogP contribution in [-0.4, -0.2) is 11.1 Å². The predicted molar refractivity (Wildman–Crippen MR) is 71.8 cm³/mol. The van der Waals surface area contributed by atoms with Gasteiger partial charge in [0.2, 0.25) is 0 Å². The zero-order chi connectivity index (χ0) is 14.7. The molecule has 0 spiro atoms. The van der Waals surface area contributed by atoms with Gasteiger partial charge >= 0.3 is 5.97 Å². The standard InChI is InChI=1S/C14H9BrF2O3/c15-12-6-11(1-2-13(12)17)20-7-8-3-9(14(18)19)5-10(16)4-8/h1-6H,7H2,(H,18,19). The van der Waals surface area contributed by atoms with Gasteiger partial charge in [-0.05, 0) is 57.9 Å². The number of halogens is 3. The normalized spacial score (nSPS) is 10.3. The van der Waals surface area contributed by atoms with E-state index in [-0.39, 0.29) is 16.6 Å². The van der Waals surface area contributed by atoms with Crippen LogP contribution in [0, 0.1) is 11.6 Å². The second-order valence-electron chi connectivity index (χ2n) is 4.02. The predicted octanol–water partition coefficient (Wildman–Crippen LogP) is 4.00. The summed E-state index contributed by atoms with van der Waals surface area (Å²) in [6.45, 7) is -0.0177. The number of aromatic carboxylic acids is 1. The van der Waals surface area contributed by atoms with Gasteiger partial charge in [-0.2, -0.15) is 0 Å². The van der Waals surface area contributed by atoms with Gasteiger partial charge in [0, 0.05) is 0 Å². The molecule has 1 N–H and O–H groups in total.